The number of rotatable bonds is 5. The maximum atomic E-state index is 5.77. The summed E-state index contributed by atoms with van der Waals surface area (Å²) in [5, 5.41) is 3.19. The third-order valence-electron chi connectivity index (χ3n) is 1.79. The molecule has 0 aliphatic heterocycles. The van der Waals surface area contributed by atoms with Gasteiger partial charge in [0.1, 0.15) is 5.82 Å². The summed E-state index contributed by atoms with van der Waals surface area (Å²) in [5.41, 5.74) is 7.41. The van der Waals surface area contributed by atoms with Crippen LogP contribution in [0.15, 0.2) is 12.1 Å². The molecule has 3 N–H and O–H groups in total. The molecule has 80 valence electrons. The van der Waals surface area contributed by atoms with Gasteiger partial charge in [0.2, 0.25) is 0 Å². The number of terminal acetylenes is 1. The van der Waals surface area contributed by atoms with Gasteiger partial charge in [0.25, 0.3) is 0 Å². The number of hydrogen-bond acceptors (Lipinski definition) is 4. The standard InChI is InChI=1S/C11H15N3S/c1-3-7-15-8-6-13-11-10(12)5-4-9(2)14-11/h1,4-5H,6-8,12H2,2H3,(H,13,14). The second-order valence-electron chi connectivity index (χ2n) is 3.07. The number of nitrogens with two attached hydrogens (primary N) is 1. The fourth-order valence-corrected chi connectivity index (χ4v) is 1.59. The molecule has 1 rings (SSSR count). The minimum absolute atomic E-state index is 0.683. The number of nitrogens with one attached hydrogen (secondary N) is 1. The number of hydrogen-bond donors (Lipinski definition) is 2. The first-order valence-electron chi connectivity index (χ1n) is 4.72. The SMILES string of the molecule is C#CCSCCNc1nc(C)ccc1N. The van der Waals surface area contributed by atoms with Crippen LogP contribution in [0.5, 0.6) is 0 Å². The largest absolute Gasteiger partial charge is 0.396 e. The molecule has 0 aromatic carbocycles. The monoisotopic (exact) mass is 221 g/mol. The highest BCUT2D eigenvalue weighted by atomic mass is 32.2. The van der Waals surface area contributed by atoms with Gasteiger partial charge in [0, 0.05) is 18.0 Å². The smallest absolute Gasteiger partial charge is 0.149 e. The molecule has 1 heterocycles. The first-order valence-corrected chi connectivity index (χ1v) is 5.87. The van der Waals surface area contributed by atoms with E-state index in [9.17, 15) is 0 Å². The fourth-order valence-electron chi connectivity index (χ4n) is 1.08. The van der Waals surface area contributed by atoms with Gasteiger partial charge in [-0.1, -0.05) is 5.92 Å². The molecule has 0 aliphatic carbocycles. The quantitative estimate of drug-likeness (QED) is 0.587. The molecule has 0 saturated carbocycles. The van der Waals surface area contributed by atoms with Crippen molar-refractivity contribution in [3.05, 3.63) is 17.8 Å². The summed E-state index contributed by atoms with van der Waals surface area (Å²) in [7, 11) is 0. The van der Waals surface area contributed by atoms with Gasteiger partial charge in [-0.2, -0.15) is 0 Å². The van der Waals surface area contributed by atoms with E-state index in [1.165, 1.54) is 0 Å². The average Bonchev–Trinajstić information content (AvgIpc) is 2.23. The Kier molecular flexibility index (Phi) is 4.85. The van der Waals surface area contributed by atoms with Gasteiger partial charge in [0.15, 0.2) is 0 Å². The molecule has 1 aromatic heterocycles. The van der Waals surface area contributed by atoms with Gasteiger partial charge >= 0.3 is 0 Å². The van der Waals surface area contributed by atoms with E-state index in [4.69, 9.17) is 12.2 Å². The van der Waals surface area contributed by atoms with E-state index in [0.717, 1.165) is 29.6 Å². The van der Waals surface area contributed by atoms with Crippen LogP contribution >= 0.6 is 11.8 Å². The van der Waals surface area contributed by atoms with E-state index in [2.05, 4.69) is 16.2 Å². The van der Waals surface area contributed by atoms with Crippen molar-refractivity contribution in [2.45, 2.75) is 6.92 Å². The Morgan fingerprint density at radius 3 is 3.13 bits per heavy atom. The first kappa shape index (κ1) is 11.7. The van der Waals surface area contributed by atoms with Gasteiger partial charge in [0.05, 0.1) is 11.4 Å². The van der Waals surface area contributed by atoms with Crippen LogP contribution < -0.4 is 11.1 Å². The van der Waals surface area contributed by atoms with Crippen LogP contribution in [-0.2, 0) is 0 Å². The number of nitrogens with zero attached hydrogens (tertiary/aromatic N) is 1. The number of aryl methyl sites for hydroxylation is 1. The summed E-state index contributed by atoms with van der Waals surface area (Å²) >= 11 is 1.72. The lowest BCUT2D eigenvalue weighted by Gasteiger charge is -2.08. The molecule has 4 heteroatoms. The second kappa shape index (κ2) is 6.20. The Morgan fingerprint density at radius 2 is 2.40 bits per heavy atom. The van der Waals surface area contributed by atoms with E-state index in [1.54, 1.807) is 11.8 Å². The fraction of sp³-hybridized carbons (Fsp3) is 0.364. The third kappa shape index (κ3) is 4.13. The van der Waals surface area contributed by atoms with Crippen LogP contribution in [0, 0.1) is 19.3 Å². The topological polar surface area (TPSA) is 50.9 Å². The zero-order valence-electron chi connectivity index (χ0n) is 8.79. The number of anilines is 2. The summed E-state index contributed by atoms with van der Waals surface area (Å²) < 4.78 is 0. The molecule has 0 spiro atoms. The molecule has 0 fully saturated rings. The normalized spacial score (nSPS) is 9.60. The number of aromatic nitrogens is 1. The summed E-state index contributed by atoms with van der Waals surface area (Å²) in [6.45, 7) is 2.77. The van der Waals surface area contributed by atoms with Crippen LogP contribution in [0.3, 0.4) is 0 Å². The number of nitrogen functional groups attached to an aromatic ring is 1. The Hall–Kier alpha value is -1.34. The Labute approximate surface area is 94.9 Å². The predicted octanol–water partition coefficient (Wildman–Crippen LogP) is 1.75. The Morgan fingerprint density at radius 1 is 1.60 bits per heavy atom. The molecule has 0 saturated heterocycles. The zero-order valence-corrected chi connectivity index (χ0v) is 9.60. The van der Waals surface area contributed by atoms with Crippen LogP contribution in [-0.4, -0.2) is 23.0 Å². The van der Waals surface area contributed by atoms with Crippen molar-refractivity contribution in [1.82, 2.24) is 4.98 Å². The van der Waals surface area contributed by atoms with Gasteiger partial charge in [-0.15, -0.1) is 18.2 Å². The maximum Gasteiger partial charge on any atom is 0.149 e. The Bertz CT molecular complexity index is 357. The van der Waals surface area contributed by atoms with Crippen molar-refractivity contribution in [3.8, 4) is 12.3 Å². The minimum Gasteiger partial charge on any atom is -0.396 e. The van der Waals surface area contributed by atoms with E-state index in [1.807, 2.05) is 19.1 Å². The van der Waals surface area contributed by atoms with Gasteiger partial charge < -0.3 is 11.1 Å². The van der Waals surface area contributed by atoms with Crippen LogP contribution in [0.1, 0.15) is 5.69 Å². The van der Waals surface area contributed by atoms with Crippen LogP contribution in [0.2, 0.25) is 0 Å². The summed E-state index contributed by atoms with van der Waals surface area (Å²) in [4.78, 5) is 4.30. The van der Waals surface area contributed by atoms with Crippen molar-refractivity contribution in [3.63, 3.8) is 0 Å². The van der Waals surface area contributed by atoms with E-state index in [0.29, 0.717) is 5.69 Å². The highest BCUT2D eigenvalue weighted by Crippen LogP contribution is 2.15. The molecule has 1 aromatic rings. The minimum atomic E-state index is 0.683. The van der Waals surface area contributed by atoms with Gasteiger partial charge in [-0.05, 0) is 19.1 Å². The number of thioether (sulfide) groups is 1. The highest BCUT2D eigenvalue weighted by molar-refractivity contribution is 7.99. The number of pyridine rings is 1. The van der Waals surface area contributed by atoms with Crippen molar-refractivity contribution >= 4 is 23.3 Å². The molecular weight excluding hydrogens is 206 g/mol. The first-order chi connectivity index (χ1) is 7.24. The van der Waals surface area contributed by atoms with E-state index in [-0.39, 0.29) is 0 Å². The van der Waals surface area contributed by atoms with Crippen LogP contribution in [0.25, 0.3) is 0 Å². The third-order valence-corrected chi connectivity index (χ3v) is 2.65. The zero-order chi connectivity index (χ0) is 11.1. The molecule has 0 radical (unpaired) electrons. The van der Waals surface area contributed by atoms with E-state index >= 15 is 0 Å². The van der Waals surface area contributed by atoms with Crippen molar-refractivity contribution in [1.29, 1.82) is 0 Å². The molecule has 0 bridgehead atoms. The summed E-state index contributed by atoms with van der Waals surface area (Å²) in [6, 6.07) is 3.76. The Balaban J connectivity index is 2.37. The van der Waals surface area contributed by atoms with Crippen LogP contribution in [0.4, 0.5) is 11.5 Å². The average molecular weight is 221 g/mol. The lowest BCUT2D eigenvalue weighted by atomic mass is 10.3. The lowest BCUT2D eigenvalue weighted by Crippen LogP contribution is -2.08. The molecule has 0 amide bonds. The lowest BCUT2D eigenvalue weighted by molar-refractivity contribution is 1.13. The van der Waals surface area contributed by atoms with Crippen molar-refractivity contribution in [2.24, 2.45) is 0 Å². The van der Waals surface area contributed by atoms with E-state index < -0.39 is 0 Å². The molecular formula is C11H15N3S. The molecule has 15 heavy (non-hydrogen) atoms. The maximum absolute atomic E-state index is 5.77. The van der Waals surface area contributed by atoms with Crippen molar-refractivity contribution in [2.75, 3.05) is 29.1 Å². The second-order valence-corrected chi connectivity index (χ2v) is 4.18. The molecule has 0 unspecified atom stereocenters. The highest BCUT2D eigenvalue weighted by Gasteiger charge is 1.99. The molecule has 3 nitrogen and oxygen atoms in total. The summed E-state index contributed by atoms with van der Waals surface area (Å²) in [5.74, 6) is 5.05. The summed E-state index contributed by atoms with van der Waals surface area (Å²) in [6.07, 6.45) is 5.14. The van der Waals surface area contributed by atoms with Gasteiger partial charge in [-0.3, -0.25) is 0 Å². The van der Waals surface area contributed by atoms with Crippen molar-refractivity contribution < 1.29 is 0 Å². The predicted molar refractivity (Wildman–Crippen MR) is 68.0 cm³/mol. The molecule has 0 aliphatic rings. The van der Waals surface area contributed by atoms with Gasteiger partial charge in [-0.25, -0.2) is 4.98 Å². The molecule has 0 atom stereocenters.